The Bertz CT molecular complexity index is 1460. The molecule has 0 aliphatic heterocycles. The molecule has 2 atom stereocenters. The first kappa shape index (κ1) is 25.6. The quantitative estimate of drug-likeness (QED) is 0.368. The summed E-state index contributed by atoms with van der Waals surface area (Å²) in [5.41, 5.74) is 0.985. The van der Waals surface area contributed by atoms with Crippen LogP contribution in [0.5, 0.6) is 5.75 Å². The summed E-state index contributed by atoms with van der Waals surface area (Å²) in [5, 5.41) is 7.52. The fourth-order valence-electron chi connectivity index (χ4n) is 3.94. The molecule has 0 bridgehead atoms. The van der Waals surface area contributed by atoms with Gasteiger partial charge in [0.1, 0.15) is 43.7 Å². The molecule has 184 valence electrons. The highest BCUT2D eigenvalue weighted by atomic mass is 35.5. The minimum Gasteiger partial charge on any atom is -0.487 e. The fraction of sp³-hybridized carbons (Fsp3) is 0.280. The molecule has 1 N–H and O–H groups in total. The number of ether oxygens (including phenoxy) is 1. The molecule has 0 fully saturated rings. The van der Waals surface area contributed by atoms with E-state index in [0.717, 1.165) is 35.8 Å². The van der Waals surface area contributed by atoms with Crippen LogP contribution in [-0.4, -0.2) is 39.7 Å². The number of benzene rings is 2. The number of fused-ring (bicyclic) bond motifs is 1. The van der Waals surface area contributed by atoms with Crippen LogP contribution in [0, 0.1) is 19.7 Å². The predicted octanol–water partition coefficient (Wildman–Crippen LogP) is 4.62. The summed E-state index contributed by atoms with van der Waals surface area (Å²) in [6.45, 7) is 6.10. The lowest BCUT2D eigenvalue weighted by Crippen LogP contribution is -2.47. The second kappa shape index (κ2) is 9.85. The number of carbonyl (C=O) groups excluding carboxylic acids is 1. The van der Waals surface area contributed by atoms with Gasteiger partial charge in [-0.1, -0.05) is 23.7 Å². The molecular formula is C25H23BClF2N5O2. The number of nitrogens with one attached hydrogen (secondary N) is 1. The lowest BCUT2D eigenvalue weighted by molar-refractivity contribution is -0.126. The highest BCUT2D eigenvalue weighted by Gasteiger charge is 2.29. The third-order valence-electron chi connectivity index (χ3n) is 5.69. The van der Waals surface area contributed by atoms with Crippen LogP contribution < -0.4 is 10.1 Å². The highest BCUT2D eigenvalue weighted by Crippen LogP contribution is 2.33. The Morgan fingerprint density at radius 2 is 2.06 bits per heavy atom. The summed E-state index contributed by atoms with van der Waals surface area (Å²) in [6.07, 6.45) is -0.328. The Kier molecular flexibility index (Phi) is 7.00. The zero-order valence-corrected chi connectivity index (χ0v) is 20.9. The Morgan fingerprint density at radius 3 is 2.72 bits per heavy atom. The van der Waals surface area contributed by atoms with Crippen molar-refractivity contribution in [2.75, 3.05) is 0 Å². The summed E-state index contributed by atoms with van der Waals surface area (Å²) in [6, 6.07) is 9.62. The number of amides is 1. The third-order valence-corrected chi connectivity index (χ3v) is 6.03. The van der Waals surface area contributed by atoms with E-state index in [9.17, 15) is 13.6 Å². The van der Waals surface area contributed by atoms with Gasteiger partial charge in [-0.25, -0.2) is 23.4 Å². The zero-order valence-electron chi connectivity index (χ0n) is 20.1. The normalized spacial score (nSPS) is 13.9. The van der Waals surface area contributed by atoms with E-state index < -0.39 is 23.3 Å². The van der Waals surface area contributed by atoms with Gasteiger partial charge in [-0.3, -0.25) is 4.79 Å². The summed E-state index contributed by atoms with van der Waals surface area (Å²) >= 11 is 6.36. The van der Waals surface area contributed by atoms with Gasteiger partial charge in [0.05, 0.1) is 10.7 Å². The first-order valence-electron chi connectivity index (χ1n) is 11.1. The Morgan fingerprint density at radius 1 is 1.31 bits per heavy atom. The molecule has 0 aliphatic rings. The van der Waals surface area contributed by atoms with Gasteiger partial charge < -0.3 is 10.1 Å². The summed E-state index contributed by atoms with van der Waals surface area (Å²) < 4.78 is 35.6. The van der Waals surface area contributed by atoms with Crippen LogP contribution in [0.15, 0.2) is 42.7 Å². The number of pyridine rings is 1. The van der Waals surface area contributed by atoms with E-state index in [2.05, 4.69) is 20.4 Å². The molecule has 0 unspecified atom stereocenters. The van der Waals surface area contributed by atoms with E-state index in [1.165, 1.54) is 13.3 Å². The molecule has 36 heavy (non-hydrogen) atoms. The van der Waals surface area contributed by atoms with Crippen molar-refractivity contribution in [2.24, 2.45) is 0 Å². The van der Waals surface area contributed by atoms with Crippen LogP contribution in [0.1, 0.15) is 36.5 Å². The van der Waals surface area contributed by atoms with Crippen molar-refractivity contribution in [1.82, 2.24) is 25.1 Å². The van der Waals surface area contributed by atoms with Crippen molar-refractivity contribution < 1.29 is 18.3 Å². The van der Waals surface area contributed by atoms with Crippen LogP contribution >= 0.6 is 11.6 Å². The highest BCUT2D eigenvalue weighted by molar-refractivity contribution is 6.31. The van der Waals surface area contributed by atoms with Gasteiger partial charge in [0, 0.05) is 22.1 Å². The number of aryl methyl sites for hydroxylation is 2. The van der Waals surface area contributed by atoms with Crippen LogP contribution in [0.3, 0.4) is 0 Å². The smallest absolute Gasteiger partial charge is 0.254 e. The number of alkyl halides is 1. The number of hydrogen-bond donors (Lipinski definition) is 1. The SMILES string of the molecule is [B][C@@](C)(NC(=O)[C@H](C)F)c1cc(F)cc(Cl)c1COc1cccc2c(-n3ncnc3C)cc(C)nc12. The molecule has 0 saturated carbocycles. The minimum atomic E-state index is -1.80. The number of nitrogens with zero attached hydrogens (tertiary/aromatic N) is 4. The van der Waals surface area contributed by atoms with Crippen molar-refractivity contribution in [3.63, 3.8) is 0 Å². The molecule has 0 aliphatic carbocycles. The van der Waals surface area contributed by atoms with Crippen LogP contribution in [0.25, 0.3) is 16.6 Å². The second-order valence-corrected chi connectivity index (χ2v) is 9.07. The van der Waals surface area contributed by atoms with Gasteiger partial charge in [-0.05, 0) is 57.5 Å². The average Bonchev–Trinajstić information content (AvgIpc) is 3.22. The minimum absolute atomic E-state index is 0.0486. The lowest BCUT2D eigenvalue weighted by atomic mass is 9.72. The Labute approximate surface area is 213 Å². The average molecular weight is 510 g/mol. The first-order chi connectivity index (χ1) is 17.0. The summed E-state index contributed by atoms with van der Waals surface area (Å²) in [4.78, 5) is 20.8. The van der Waals surface area contributed by atoms with Gasteiger partial charge in [-0.15, -0.1) is 0 Å². The molecule has 0 spiro atoms. The standard InChI is InChI=1S/C25H23BClF2N5O2/c1-13-8-21(34-15(3)30-12-31-34)17-6-5-7-22(23(17)32-13)36-11-18-19(9-16(29)10-20(18)27)25(4,26)33-24(35)14(2)28/h5-10,12,14H,11H2,1-4H3,(H,33,35)/t14-,25-/m0/s1. The molecule has 2 aromatic carbocycles. The molecule has 11 heteroatoms. The molecular weight excluding hydrogens is 487 g/mol. The largest absolute Gasteiger partial charge is 0.487 e. The van der Waals surface area contributed by atoms with Crippen molar-refractivity contribution in [3.8, 4) is 11.4 Å². The van der Waals surface area contributed by atoms with Gasteiger partial charge in [0.2, 0.25) is 0 Å². The second-order valence-electron chi connectivity index (χ2n) is 8.66. The number of carbonyl (C=O) groups is 1. The summed E-state index contributed by atoms with van der Waals surface area (Å²) in [7, 11) is 6.28. The lowest BCUT2D eigenvalue weighted by Gasteiger charge is -2.31. The molecule has 1 amide bonds. The van der Waals surface area contributed by atoms with Crippen molar-refractivity contribution in [2.45, 2.75) is 45.9 Å². The van der Waals surface area contributed by atoms with Crippen LogP contribution in [0.2, 0.25) is 5.02 Å². The van der Waals surface area contributed by atoms with Crippen molar-refractivity contribution in [3.05, 3.63) is 76.2 Å². The molecule has 0 saturated heterocycles. The molecule has 4 aromatic rings. The van der Waals surface area contributed by atoms with Crippen LogP contribution in [0.4, 0.5) is 8.78 Å². The zero-order chi connectivity index (χ0) is 26.2. The van der Waals surface area contributed by atoms with Gasteiger partial charge in [0.15, 0.2) is 6.17 Å². The monoisotopic (exact) mass is 509 g/mol. The van der Waals surface area contributed by atoms with Crippen molar-refractivity contribution in [1.29, 1.82) is 0 Å². The van der Waals surface area contributed by atoms with E-state index in [0.29, 0.717) is 22.7 Å². The predicted molar refractivity (Wildman–Crippen MR) is 134 cm³/mol. The molecule has 7 nitrogen and oxygen atoms in total. The van der Waals surface area contributed by atoms with Gasteiger partial charge in [-0.2, -0.15) is 5.10 Å². The first-order valence-corrected chi connectivity index (χ1v) is 11.5. The van der Waals surface area contributed by atoms with Crippen LogP contribution in [-0.2, 0) is 16.8 Å². The van der Waals surface area contributed by atoms with E-state index in [-0.39, 0.29) is 17.2 Å². The Hall–Kier alpha value is -3.53. The van der Waals surface area contributed by atoms with Gasteiger partial charge >= 0.3 is 0 Å². The number of rotatable bonds is 7. The van der Waals surface area contributed by atoms with E-state index in [4.69, 9.17) is 24.2 Å². The number of halogens is 3. The maximum Gasteiger partial charge on any atom is 0.254 e. The van der Waals surface area contributed by atoms with Gasteiger partial charge in [0.25, 0.3) is 5.91 Å². The number of hydrogen-bond acceptors (Lipinski definition) is 5. The molecule has 2 aromatic heterocycles. The van der Waals surface area contributed by atoms with E-state index >= 15 is 0 Å². The topological polar surface area (TPSA) is 81.9 Å². The summed E-state index contributed by atoms with van der Waals surface area (Å²) in [5.74, 6) is -0.435. The third kappa shape index (κ3) is 5.04. The van der Waals surface area contributed by atoms with E-state index in [1.54, 1.807) is 10.7 Å². The fourth-order valence-corrected chi connectivity index (χ4v) is 4.20. The molecule has 2 heterocycles. The number of aromatic nitrogens is 4. The Balaban J connectivity index is 1.74. The maximum atomic E-state index is 14.3. The van der Waals surface area contributed by atoms with E-state index in [1.807, 2.05) is 32.0 Å². The molecule has 2 radical (unpaired) electrons. The van der Waals surface area contributed by atoms with Crippen molar-refractivity contribution >= 4 is 36.3 Å². The number of para-hydroxylation sites is 1. The maximum absolute atomic E-state index is 14.3. The molecule has 4 rings (SSSR count).